The minimum Gasteiger partial charge on any atom is -0.399 e. The van der Waals surface area contributed by atoms with E-state index < -0.39 is 0 Å². The molecule has 0 aliphatic carbocycles. The van der Waals surface area contributed by atoms with Gasteiger partial charge in [0.15, 0.2) is 0 Å². The topological polar surface area (TPSA) is 42.2 Å². The molecular weight excluding hydrogens is 222 g/mol. The second-order valence-corrected chi connectivity index (χ2v) is 4.29. The maximum absolute atomic E-state index is 5.82. The minimum absolute atomic E-state index is 0.812. The summed E-state index contributed by atoms with van der Waals surface area (Å²) in [5, 5.41) is 0. The van der Waals surface area contributed by atoms with Crippen LogP contribution in [0.15, 0.2) is 48.8 Å². The van der Waals surface area contributed by atoms with Gasteiger partial charge in [-0.1, -0.05) is 12.1 Å². The molecule has 0 unspecified atom stereocenters. The molecule has 18 heavy (non-hydrogen) atoms. The Morgan fingerprint density at radius 1 is 1.22 bits per heavy atom. The summed E-state index contributed by atoms with van der Waals surface area (Å²) in [6.07, 6.45) is 4.72. The van der Waals surface area contributed by atoms with Crippen molar-refractivity contribution in [3.8, 4) is 0 Å². The lowest BCUT2D eigenvalue weighted by molar-refractivity contribution is 0.807. The Balaban J connectivity index is 2.02. The van der Waals surface area contributed by atoms with Gasteiger partial charge in [-0.2, -0.15) is 0 Å². The van der Waals surface area contributed by atoms with Crippen molar-refractivity contribution in [1.29, 1.82) is 0 Å². The molecule has 1 heterocycles. The molecule has 3 heteroatoms. The number of likely N-dealkylation sites (N-methyl/N-ethyl adjacent to an activating group) is 1. The third kappa shape index (κ3) is 3.23. The molecule has 2 aromatic rings. The molecule has 1 aromatic carbocycles. The quantitative estimate of drug-likeness (QED) is 0.818. The first-order valence-electron chi connectivity index (χ1n) is 6.29. The summed E-state index contributed by atoms with van der Waals surface area (Å²) in [5.41, 5.74) is 9.08. The summed E-state index contributed by atoms with van der Waals surface area (Å²) < 4.78 is 0. The summed E-state index contributed by atoms with van der Waals surface area (Å²) in [7, 11) is 0. The second kappa shape index (κ2) is 6.05. The number of hydrogen-bond donors (Lipinski definition) is 1. The molecule has 2 rings (SSSR count). The van der Waals surface area contributed by atoms with Crippen LogP contribution in [0, 0.1) is 0 Å². The molecule has 0 radical (unpaired) electrons. The maximum Gasteiger partial charge on any atom is 0.0386 e. The number of rotatable bonds is 5. The van der Waals surface area contributed by atoms with Crippen molar-refractivity contribution in [3.63, 3.8) is 0 Å². The number of hydrogen-bond acceptors (Lipinski definition) is 3. The van der Waals surface area contributed by atoms with Crippen LogP contribution in [0.5, 0.6) is 0 Å². The SMILES string of the molecule is CCN(CCc1cccnc1)c1cccc(N)c1. The van der Waals surface area contributed by atoms with Gasteiger partial charge < -0.3 is 10.6 Å². The molecule has 0 amide bonds. The first kappa shape index (κ1) is 12.4. The van der Waals surface area contributed by atoms with Crippen molar-refractivity contribution in [2.24, 2.45) is 0 Å². The first-order chi connectivity index (χ1) is 8.79. The van der Waals surface area contributed by atoms with Gasteiger partial charge in [-0.25, -0.2) is 0 Å². The van der Waals surface area contributed by atoms with Crippen LogP contribution in [0.1, 0.15) is 12.5 Å². The number of nitrogen functional groups attached to an aromatic ring is 1. The van der Waals surface area contributed by atoms with E-state index >= 15 is 0 Å². The molecule has 3 nitrogen and oxygen atoms in total. The highest BCUT2D eigenvalue weighted by atomic mass is 15.1. The van der Waals surface area contributed by atoms with Gasteiger partial charge in [0.05, 0.1) is 0 Å². The van der Waals surface area contributed by atoms with E-state index in [0.717, 1.165) is 25.2 Å². The van der Waals surface area contributed by atoms with Gasteiger partial charge in [0.1, 0.15) is 0 Å². The van der Waals surface area contributed by atoms with Gasteiger partial charge >= 0.3 is 0 Å². The Morgan fingerprint density at radius 3 is 2.78 bits per heavy atom. The number of nitrogens with two attached hydrogens (primary N) is 1. The largest absolute Gasteiger partial charge is 0.399 e. The highest BCUT2D eigenvalue weighted by Crippen LogP contribution is 2.17. The maximum atomic E-state index is 5.82. The average Bonchev–Trinajstić information content (AvgIpc) is 2.41. The molecule has 0 aliphatic heterocycles. The second-order valence-electron chi connectivity index (χ2n) is 4.29. The van der Waals surface area contributed by atoms with Crippen LogP contribution in [0.2, 0.25) is 0 Å². The van der Waals surface area contributed by atoms with Crippen molar-refractivity contribution < 1.29 is 0 Å². The Labute approximate surface area is 108 Å². The number of anilines is 2. The predicted molar refractivity (Wildman–Crippen MR) is 76.7 cm³/mol. The van der Waals surface area contributed by atoms with Crippen LogP contribution in [-0.4, -0.2) is 18.1 Å². The zero-order chi connectivity index (χ0) is 12.8. The van der Waals surface area contributed by atoms with E-state index in [1.807, 2.05) is 30.5 Å². The van der Waals surface area contributed by atoms with Crippen molar-refractivity contribution >= 4 is 11.4 Å². The van der Waals surface area contributed by atoms with Crippen molar-refractivity contribution in [2.75, 3.05) is 23.7 Å². The van der Waals surface area contributed by atoms with E-state index in [1.165, 1.54) is 11.3 Å². The summed E-state index contributed by atoms with van der Waals surface area (Å²) >= 11 is 0. The van der Waals surface area contributed by atoms with Crippen LogP contribution >= 0.6 is 0 Å². The fourth-order valence-corrected chi connectivity index (χ4v) is 2.00. The summed E-state index contributed by atoms with van der Waals surface area (Å²) in [6.45, 7) is 4.11. The van der Waals surface area contributed by atoms with Gasteiger partial charge in [0, 0.05) is 36.9 Å². The molecule has 0 saturated carbocycles. The third-order valence-electron chi connectivity index (χ3n) is 3.01. The molecule has 1 aromatic heterocycles. The van der Waals surface area contributed by atoms with Gasteiger partial charge in [-0.3, -0.25) is 4.98 Å². The van der Waals surface area contributed by atoms with Crippen molar-refractivity contribution in [3.05, 3.63) is 54.4 Å². The molecule has 0 bridgehead atoms. The fraction of sp³-hybridized carbons (Fsp3) is 0.267. The van der Waals surface area contributed by atoms with E-state index in [9.17, 15) is 0 Å². The zero-order valence-electron chi connectivity index (χ0n) is 10.7. The predicted octanol–water partition coefficient (Wildman–Crippen LogP) is 2.73. The molecule has 94 valence electrons. The summed E-state index contributed by atoms with van der Waals surface area (Å²) in [4.78, 5) is 6.46. The van der Waals surface area contributed by atoms with E-state index in [0.29, 0.717) is 0 Å². The Kier molecular flexibility index (Phi) is 4.18. The van der Waals surface area contributed by atoms with Gasteiger partial charge in [-0.05, 0) is 43.2 Å². The third-order valence-corrected chi connectivity index (χ3v) is 3.01. The van der Waals surface area contributed by atoms with Gasteiger partial charge in [0.2, 0.25) is 0 Å². The fourth-order valence-electron chi connectivity index (χ4n) is 2.00. The average molecular weight is 241 g/mol. The smallest absolute Gasteiger partial charge is 0.0386 e. The number of pyridine rings is 1. The molecule has 2 N–H and O–H groups in total. The van der Waals surface area contributed by atoms with Crippen LogP contribution < -0.4 is 10.6 Å². The number of aromatic nitrogens is 1. The Hall–Kier alpha value is -2.03. The number of nitrogens with zero attached hydrogens (tertiary/aromatic N) is 2. The molecule has 0 aliphatic rings. The Morgan fingerprint density at radius 2 is 2.11 bits per heavy atom. The molecule has 0 saturated heterocycles. The first-order valence-corrected chi connectivity index (χ1v) is 6.29. The summed E-state index contributed by atoms with van der Waals surface area (Å²) in [5.74, 6) is 0. The molecule has 0 fully saturated rings. The highest BCUT2D eigenvalue weighted by Gasteiger charge is 2.04. The van der Waals surface area contributed by atoms with E-state index in [4.69, 9.17) is 5.73 Å². The Bertz CT molecular complexity index is 482. The minimum atomic E-state index is 0.812. The van der Waals surface area contributed by atoms with Crippen molar-refractivity contribution in [2.45, 2.75) is 13.3 Å². The normalized spacial score (nSPS) is 10.3. The van der Waals surface area contributed by atoms with E-state index in [-0.39, 0.29) is 0 Å². The standard InChI is InChI=1S/C15H19N3/c1-2-18(15-7-3-6-14(16)11-15)10-8-13-5-4-9-17-12-13/h3-7,9,11-12H,2,8,10,16H2,1H3. The lowest BCUT2D eigenvalue weighted by Gasteiger charge is -2.23. The highest BCUT2D eigenvalue weighted by molar-refractivity contribution is 5.55. The van der Waals surface area contributed by atoms with Gasteiger partial charge in [-0.15, -0.1) is 0 Å². The van der Waals surface area contributed by atoms with Crippen LogP contribution in [0.25, 0.3) is 0 Å². The molecular formula is C15H19N3. The van der Waals surface area contributed by atoms with Crippen LogP contribution in [-0.2, 0) is 6.42 Å². The van der Waals surface area contributed by atoms with Crippen LogP contribution in [0.4, 0.5) is 11.4 Å². The zero-order valence-corrected chi connectivity index (χ0v) is 10.7. The summed E-state index contributed by atoms with van der Waals surface area (Å²) in [6, 6.07) is 12.1. The van der Waals surface area contributed by atoms with Crippen LogP contribution in [0.3, 0.4) is 0 Å². The lowest BCUT2D eigenvalue weighted by atomic mass is 10.2. The number of benzene rings is 1. The van der Waals surface area contributed by atoms with Crippen molar-refractivity contribution in [1.82, 2.24) is 4.98 Å². The molecule has 0 atom stereocenters. The van der Waals surface area contributed by atoms with E-state index in [1.54, 1.807) is 6.20 Å². The van der Waals surface area contributed by atoms with Gasteiger partial charge in [0.25, 0.3) is 0 Å². The van der Waals surface area contributed by atoms with E-state index in [2.05, 4.69) is 28.9 Å². The molecule has 0 spiro atoms. The monoisotopic (exact) mass is 241 g/mol. The lowest BCUT2D eigenvalue weighted by Crippen LogP contribution is -2.25.